The van der Waals surface area contributed by atoms with E-state index in [4.69, 9.17) is 9.47 Å². The third-order valence-corrected chi connectivity index (χ3v) is 7.73. The maximum Gasteiger partial charge on any atom is 0.311 e. The molecule has 0 aromatic rings. The molecule has 0 bridgehead atoms. The summed E-state index contributed by atoms with van der Waals surface area (Å²) in [6.45, 7) is 3.22. The minimum atomic E-state index is -1.41. The number of ether oxygens (including phenoxy) is 2. The average molecular weight is 425 g/mol. The summed E-state index contributed by atoms with van der Waals surface area (Å²) in [5.74, 6) is -4.10. The number of carbonyl (C=O) groups is 2. The Bertz CT molecular complexity index is 527. The molecule has 3 rings (SSSR count). The third-order valence-electron chi connectivity index (χ3n) is 7.73. The van der Waals surface area contributed by atoms with Gasteiger partial charge in [0.25, 0.3) is 0 Å². The summed E-state index contributed by atoms with van der Waals surface area (Å²) in [5.41, 5.74) is 0. The summed E-state index contributed by atoms with van der Waals surface area (Å²) in [4.78, 5) is 25.3. The smallest absolute Gasteiger partial charge is 0.311 e. The minimum absolute atomic E-state index is 0.00327. The van der Waals surface area contributed by atoms with E-state index in [1.165, 1.54) is 12.8 Å². The Morgan fingerprint density at radius 1 is 0.600 bits per heavy atom. The van der Waals surface area contributed by atoms with E-state index in [0.717, 1.165) is 51.4 Å². The van der Waals surface area contributed by atoms with Crippen LogP contribution in [-0.2, 0) is 19.1 Å². The van der Waals surface area contributed by atoms with Crippen molar-refractivity contribution in [2.45, 2.75) is 115 Å². The molecule has 0 amide bonds. The zero-order valence-corrected chi connectivity index (χ0v) is 18.7. The lowest BCUT2D eigenvalue weighted by Crippen LogP contribution is -2.44. The van der Waals surface area contributed by atoms with Gasteiger partial charge < -0.3 is 19.7 Å². The molecule has 0 radical (unpaired) electrons. The second-order valence-corrected chi connectivity index (χ2v) is 10.2. The number of hydrogen-bond acceptors (Lipinski definition) is 6. The molecule has 3 fully saturated rings. The maximum atomic E-state index is 12.6. The fraction of sp³-hybridized carbons (Fsp3) is 0.917. The Morgan fingerprint density at radius 2 is 0.900 bits per heavy atom. The molecule has 0 aromatic carbocycles. The van der Waals surface area contributed by atoms with Gasteiger partial charge in [-0.3, -0.25) is 9.59 Å². The number of hydrogen-bond donors (Lipinski definition) is 2. The van der Waals surface area contributed by atoms with Gasteiger partial charge in [-0.2, -0.15) is 0 Å². The number of carbonyl (C=O) groups excluding carboxylic acids is 2. The van der Waals surface area contributed by atoms with E-state index >= 15 is 0 Å². The van der Waals surface area contributed by atoms with Crippen LogP contribution in [0, 0.1) is 23.7 Å². The van der Waals surface area contributed by atoms with E-state index in [1.807, 2.05) is 0 Å². The quantitative estimate of drug-likeness (QED) is 0.483. The van der Waals surface area contributed by atoms with Crippen LogP contribution >= 0.6 is 0 Å². The van der Waals surface area contributed by atoms with E-state index in [2.05, 4.69) is 0 Å². The van der Waals surface area contributed by atoms with Gasteiger partial charge in [0.1, 0.15) is 0 Å². The van der Waals surface area contributed by atoms with Crippen LogP contribution in [0.25, 0.3) is 0 Å². The third kappa shape index (κ3) is 5.97. The predicted octanol–water partition coefficient (Wildman–Crippen LogP) is 4.46. The predicted molar refractivity (Wildman–Crippen MR) is 112 cm³/mol. The fourth-order valence-electron chi connectivity index (χ4n) is 5.58. The van der Waals surface area contributed by atoms with Crippen molar-refractivity contribution in [2.24, 2.45) is 23.7 Å². The molecular formula is C24H40O6. The summed E-state index contributed by atoms with van der Waals surface area (Å²) < 4.78 is 11.1. The second kappa shape index (κ2) is 9.99. The van der Waals surface area contributed by atoms with Crippen LogP contribution in [0.5, 0.6) is 0 Å². The molecule has 0 aliphatic heterocycles. The summed E-state index contributed by atoms with van der Waals surface area (Å²) in [6, 6.07) is 0. The van der Waals surface area contributed by atoms with Gasteiger partial charge >= 0.3 is 11.9 Å². The summed E-state index contributed by atoms with van der Waals surface area (Å²) in [7, 11) is 0. The van der Waals surface area contributed by atoms with E-state index in [9.17, 15) is 19.8 Å². The SMILES string of the molecule is CC(O)(OC(=O)C1CCC(C(=O)OC(C)(O)C2CCCCC2)CC1)C1CCCCC1. The first-order chi connectivity index (χ1) is 14.2. The Hall–Kier alpha value is -1.14. The molecule has 0 heterocycles. The molecule has 30 heavy (non-hydrogen) atoms. The van der Waals surface area contributed by atoms with Crippen LogP contribution in [-0.4, -0.2) is 33.7 Å². The molecule has 0 aromatic heterocycles. The van der Waals surface area contributed by atoms with Gasteiger partial charge in [-0.15, -0.1) is 0 Å². The number of esters is 2. The molecule has 3 saturated carbocycles. The van der Waals surface area contributed by atoms with Gasteiger partial charge in [-0.25, -0.2) is 0 Å². The van der Waals surface area contributed by atoms with Crippen molar-refractivity contribution < 1.29 is 29.3 Å². The minimum Gasteiger partial charge on any atom is -0.433 e. The highest BCUT2D eigenvalue weighted by molar-refractivity contribution is 5.75. The van der Waals surface area contributed by atoms with Gasteiger partial charge in [0.2, 0.25) is 11.6 Å². The lowest BCUT2D eigenvalue weighted by atomic mass is 9.81. The molecule has 3 aliphatic carbocycles. The van der Waals surface area contributed by atoms with Crippen LogP contribution < -0.4 is 0 Å². The molecule has 2 unspecified atom stereocenters. The Morgan fingerprint density at radius 3 is 1.20 bits per heavy atom. The van der Waals surface area contributed by atoms with E-state index in [-0.39, 0.29) is 35.6 Å². The molecule has 172 valence electrons. The normalized spacial score (nSPS) is 30.7. The number of aliphatic hydroxyl groups is 2. The molecular weight excluding hydrogens is 384 g/mol. The summed E-state index contributed by atoms with van der Waals surface area (Å²) >= 11 is 0. The first-order valence-corrected chi connectivity index (χ1v) is 12.1. The molecule has 0 saturated heterocycles. The lowest BCUT2D eigenvalue weighted by Gasteiger charge is -2.37. The standard InChI is InChI=1S/C24H40O6/c1-23(27,19-9-5-3-6-10-19)29-21(25)17-13-15-18(16-14-17)22(26)30-24(2,28)20-11-7-4-8-12-20/h17-20,27-28H,3-16H2,1-2H3. The van der Waals surface area contributed by atoms with Crippen molar-refractivity contribution in [1.29, 1.82) is 0 Å². The Labute approximate surface area is 180 Å². The monoisotopic (exact) mass is 424 g/mol. The van der Waals surface area contributed by atoms with Crippen LogP contribution in [0.3, 0.4) is 0 Å². The maximum absolute atomic E-state index is 12.6. The van der Waals surface area contributed by atoms with Crippen molar-refractivity contribution in [1.82, 2.24) is 0 Å². The van der Waals surface area contributed by atoms with Gasteiger partial charge in [0, 0.05) is 25.7 Å². The van der Waals surface area contributed by atoms with Crippen LogP contribution in [0.2, 0.25) is 0 Å². The van der Waals surface area contributed by atoms with Crippen molar-refractivity contribution in [2.75, 3.05) is 0 Å². The highest BCUT2D eigenvalue weighted by Crippen LogP contribution is 2.38. The fourth-order valence-corrected chi connectivity index (χ4v) is 5.58. The number of rotatable bonds is 6. The first-order valence-electron chi connectivity index (χ1n) is 12.1. The largest absolute Gasteiger partial charge is 0.433 e. The van der Waals surface area contributed by atoms with Crippen LogP contribution in [0.4, 0.5) is 0 Å². The first kappa shape index (κ1) is 23.5. The van der Waals surface area contributed by atoms with E-state index in [1.54, 1.807) is 13.8 Å². The van der Waals surface area contributed by atoms with Gasteiger partial charge in [-0.1, -0.05) is 38.5 Å². The van der Waals surface area contributed by atoms with Crippen molar-refractivity contribution in [3.05, 3.63) is 0 Å². The molecule has 3 aliphatic rings. The van der Waals surface area contributed by atoms with E-state index in [0.29, 0.717) is 25.7 Å². The van der Waals surface area contributed by atoms with Gasteiger partial charge in [-0.05, 0) is 51.4 Å². The van der Waals surface area contributed by atoms with Crippen LogP contribution in [0.15, 0.2) is 0 Å². The second-order valence-electron chi connectivity index (χ2n) is 10.2. The summed E-state index contributed by atoms with van der Waals surface area (Å²) in [5, 5.41) is 21.4. The van der Waals surface area contributed by atoms with Gasteiger partial charge in [0.15, 0.2) is 0 Å². The summed E-state index contributed by atoms with van der Waals surface area (Å²) in [6.07, 6.45) is 12.4. The van der Waals surface area contributed by atoms with Crippen molar-refractivity contribution in [3.8, 4) is 0 Å². The van der Waals surface area contributed by atoms with Crippen molar-refractivity contribution in [3.63, 3.8) is 0 Å². The highest BCUT2D eigenvalue weighted by Gasteiger charge is 2.42. The molecule has 0 spiro atoms. The van der Waals surface area contributed by atoms with Gasteiger partial charge in [0.05, 0.1) is 11.8 Å². The Balaban J connectivity index is 1.45. The highest BCUT2D eigenvalue weighted by atomic mass is 16.7. The van der Waals surface area contributed by atoms with Crippen LogP contribution in [0.1, 0.15) is 104 Å². The topological polar surface area (TPSA) is 93.1 Å². The Kier molecular flexibility index (Phi) is 7.83. The molecule has 6 heteroatoms. The van der Waals surface area contributed by atoms with Crippen molar-refractivity contribution >= 4 is 11.9 Å². The lowest BCUT2D eigenvalue weighted by molar-refractivity contribution is -0.235. The van der Waals surface area contributed by atoms with E-state index < -0.39 is 11.6 Å². The molecule has 6 nitrogen and oxygen atoms in total. The zero-order chi connectivity index (χ0) is 21.8. The molecule has 2 N–H and O–H groups in total. The molecule has 2 atom stereocenters. The zero-order valence-electron chi connectivity index (χ0n) is 18.7. The average Bonchev–Trinajstić information content (AvgIpc) is 2.74.